The number of carbonyl (C=O) groups is 2. The molecule has 2 rings (SSSR count). The average Bonchev–Trinajstić information content (AvgIpc) is 3.12. The van der Waals surface area contributed by atoms with E-state index >= 15 is 0 Å². The van der Waals surface area contributed by atoms with Crippen LogP contribution in [-0.2, 0) is 9.59 Å². The highest BCUT2D eigenvalue weighted by Gasteiger charge is 2.26. The molecule has 0 unspecified atom stereocenters. The van der Waals surface area contributed by atoms with E-state index in [1.807, 2.05) is 0 Å². The highest BCUT2D eigenvalue weighted by molar-refractivity contribution is 5.85. The van der Waals surface area contributed by atoms with Crippen molar-refractivity contribution >= 4 is 17.8 Å². The molecule has 0 aromatic heterocycles. The molecule has 0 bridgehead atoms. The molecule has 142 valence electrons. The topological polar surface area (TPSA) is 85.8 Å². The molecule has 0 aliphatic heterocycles. The minimum absolute atomic E-state index is 0.00385. The summed E-state index contributed by atoms with van der Waals surface area (Å²) in [7, 11) is 5.19. The van der Waals surface area contributed by atoms with Gasteiger partial charge in [0, 0.05) is 39.1 Å². The molecule has 0 saturated heterocycles. The van der Waals surface area contributed by atoms with Gasteiger partial charge in [-0.2, -0.15) is 0 Å². The number of nitrogens with one attached hydrogen (secondary N) is 3. The minimum atomic E-state index is -0.00385. The molecule has 2 aliphatic rings. The smallest absolute Gasteiger partial charge is 0.243 e. The van der Waals surface area contributed by atoms with Crippen molar-refractivity contribution in [2.45, 2.75) is 63.5 Å². The standard InChI is InChI=1S/C18H33N5O2/c1-19-17(25)13-8-10-15(11-9-13)22-18(20-12-16(24)23(2)3)21-14-6-4-5-7-14/h13-15H,4-12H2,1-3H3,(H,19,25)(H2,20,21,22). The third-order valence-corrected chi connectivity index (χ3v) is 5.25. The second kappa shape index (κ2) is 9.63. The molecule has 0 aromatic rings. The van der Waals surface area contributed by atoms with Crippen molar-refractivity contribution < 1.29 is 9.59 Å². The van der Waals surface area contributed by atoms with Gasteiger partial charge in [0.2, 0.25) is 11.8 Å². The fourth-order valence-electron chi connectivity index (χ4n) is 3.58. The first-order chi connectivity index (χ1) is 12.0. The lowest BCUT2D eigenvalue weighted by Crippen LogP contribution is -2.48. The van der Waals surface area contributed by atoms with Gasteiger partial charge in [0.15, 0.2) is 5.96 Å². The van der Waals surface area contributed by atoms with Gasteiger partial charge in [-0.1, -0.05) is 12.8 Å². The maximum atomic E-state index is 11.8. The summed E-state index contributed by atoms with van der Waals surface area (Å²) < 4.78 is 0. The van der Waals surface area contributed by atoms with E-state index in [-0.39, 0.29) is 24.3 Å². The summed E-state index contributed by atoms with van der Waals surface area (Å²) >= 11 is 0. The average molecular weight is 351 g/mol. The van der Waals surface area contributed by atoms with Crippen molar-refractivity contribution in [2.24, 2.45) is 10.9 Å². The second-order valence-corrected chi connectivity index (χ2v) is 7.39. The number of guanidine groups is 1. The molecule has 2 amide bonds. The van der Waals surface area contributed by atoms with Crippen molar-refractivity contribution in [3.05, 3.63) is 0 Å². The number of rotatable bonds is 5. The number of nitrogens with zero attached hydrogens (tertiary/aromatic N) is 2. The van der Waals surface area contributed by atoms with Gasteiger partial charge in [-0.3, -0.25) is 9.59 Å². The van der Waals surface area contributed by atoms with Crippen LogP contribution in [0.2, 0.25) is 0 Å². The first-order valence-electron chi connectivity index (χ1n) is 9.49. The Bertz CT molecular complexity index is 478. The Kier molecular flexibility index (Phi) is 7.52. The fourth-order valence-corrected chi connectivity index (χ4v) is 3.58. The van der Waals surface area contributed by atoms with E-state index in [1.165, 1.54) is 12.8 Å². The van der Waals surface area contributed by atoms with Crippen molar-refractivity contribution in [3.63, 3.8) is 0 Å². The van der Waals surface area contributed by atoms with E-state index in [0.717, 1.165) is 44.5 Å². The van der Waals surface area contributed by atoms with Crippen LogP contribution in [0.25, 0.3) is 0 Å². The molecule has 0 radical (unpaired) electrons. The van der Waals surface area contributed by atoms with Gasteiger partial charge >= 0.3 is 0 Å². The van der Waals surface area contributed by atoms with Crippen molar-refractivity contribution in [3.8, 4) is 0 Å². The highest BCUT2D eigenvalue weighted by atomic mass is 16.2. The van der Waals surface area contributed by atoms with E-state index in [1.54, 1.807) is 26.0 Å². The van der Waals surface area contributed by atoms with E-state index in [2.05, 4.69) is 20.9 Å². The summed E-state index contributed by atoms with van der Waals surface area (Å²) in [6.45, 7) is 0.155. The number of hydrogen-bond acceptors (Lipinski definition) is 3. The van der Waals surface area contributed by atoms with Crippen LogP contribution in [0.1, 0.15) is 51.4 Å². The van der Waals surface area contributed by atoms with Crippen LogP contribution < -0.4 is 16.0 Å². The van der Waals surface area contributed by atoms with Crippen LogP contribution in [0.4, 0.5) is 0 Å². The number of carbonyl (C=O) groups excluding carboxylic acids is 2. The molecule has 0 atom stereocenters. The van der Waals surface area contributed by atoms with Gasteiger partial charge in [-0.05, 0) is 38.5 Å². The lowest BCUT2D eigenvalue weighted by Gasteiger charge is -2.30. The van der Waals surface area contributed by atoms with E-state index in [4.69, 9.17) is 0 Å². The highest BCUT2D eigenvalue weighted by Crippen LogP contribution is 2.24. The fraction of sp³-hybridized carbons (Fsp3) is 0.833. The Hall–Kier alpha value is -1.79. The van der Waals surface area contributed by atoms with Crippen LogP contribution in [0.15, 0.2) is 4.99 Å². The molecule has 7 heteroatoms. The van der Waals surface area contributed by atoms with E-state index in [0.29, 0.717) is 12.1 Å². The maximum Gasteiger partial charge on any atom is 0.243 e. The second-order valence-electron chi connectivity index (χ2n) is 7.39. The predicted octanol–water partition coefficient (Wildman–Crippen LogP) is 0.857. The van der Waals surface area contributed by atoms with E-state index in [9.17, 15) is 9.59 Å². The summed E-state index contributed by atoms with van der Waals surface area (Å²) in [4.78, 5) is 29.7. The largest absolute Gasteiger partial charge is 0.359 e. The third-order valence-electron chi connectivity index (χ3n) is 5.25. The Labute approximate surface area is 151 Å². The first kappa shape index (κ1) is 19.5. The summed E-state index contributed by atoms with van der Waals surface area (Å²) in [5.74, 6) is 1.01. The maximum absolute atomic E-state index is 11.8. The van der Waals surface area contributed by atoms with Gasteiger partial charge in [0.25, 0.3) is 0 Å². The molecule has 0 heterocycles. The Balaban J connectivity index is 1.90. The summed E-state index contributed by atoms with van der Waals surface area (Å²) in [6.07, 6.45) is 8.50. The summed E-state index contributed by atoms with van der Waals surface area (Å²) in [5.41, 5.74) is 0. The molecule has 0 aromatic carbocycles. The zero-order valence-electron chi connectivity index (χ0n) is 15.8. The molecule has 0 spiro atoms. The molecular formula is C18H33N5O2. The molecule has 7 nitrogen and oxygen atoms in total. The zero-order chi connectivity index (χ0) is 18.2. The molecule has 2 fully saturated rings. The van der Waals surface area contributed by atoms with Gasteiger partial charge in [-0.25, -0.2) is 4.99 Å². The van der Waals surface area contributed by atoms with Crippen molar-refractivity contribution in [1.82, 2.24) is 20.9 Å². The summed E-state index contributed by atoms with van der Waals surface area (Å²) in [5, 5.41) is 9.73. The van der Waals surface area contributed by atoms with Gasteiger partial charge in [-0.15, -0.1) is 0 Å². The molecule has 3 N–H and O–H groups in total. The van der Waals surface area contributed by atoms with Crippen LogP contribution in [0, 0.1) is 5.92 Å². The zero-order valence-corrected chi connectivity index (χ0v) is 15.8. The number of amides is 2. The lowest BCUT2D eigenvalue weighted by atomic mass is 9.85. The van der Waals surface area contributed by atoms with Crippen molar-refractivity contribution in [1.29, 1.82) is 0 Å². The third kappa shape index (κ3) is 6.21. The van der Waals surface area contributed by atoms with Crippen molar-refractivity contribution in [2.75, 3.05) is 27.7 Å². The van der Waals surface area contributed by atoms with Crippen LogP contribution in [0.3, 0.4) is 0 Å². The van der Waals surface area contributed by atoms with Crippen LogP contribution in [0.5, 0.6) is 0 Å². The normalized spacial score (nSPS) is 24.7. The minimum Gasteiger partial charge on any atom is -0.359 e. The van der Waals surface area contributed by atoms with Gasteiger partial charge < -0.3 is 20.9 Å². The Morgan fingerprint density at radius 2 is 1.52 bits per heavy atom. The Morgan fingerprint density at radius 3 is 2.04 bits per heavy atom. The molecule has 2 saturated carbocycles. The monoisotopic (exact) mass is 351 g/mol. The summed E-state index contributed by atoms with van der Waals surface area (Å²) in [6, 6.07) is 0.755. The number of likely N-dealkylation sites (N-methyl/N-ethyl adjacent to an activating group) is 1. The molecular weight excluding hydrogens is 318 g/mol. The van der Waals surface area contributed by atoms with Gasteiger partial charge in [0.1, 0.15) is 6.54 Å². The number of aliphatic imine (C=N–C) groups is 1. The van der Waals surface area contributed by atoms with E-state index < -0.39 is 0 Å². The molecule has 2 aliphatic carbocycles. The number of hydrogen-bond donors (Lipinski definition) is 3. The molecule has 25 heavy (non-hydrogen) atoms. The quantitative estimate of drug-likeness (QED) is 0.506. The Morgan fingerprint density at radius 1 is 0.960 bits per heavy atom. The first-order valence-corrected chi connectivity index (χ1v) is 9.49. The van der Waals surface area contributed by atoms with Crippen LogP contribution >= 0.6 is 0 Å². The lowest BCUT2D eigenvalue weighted by molar-refractivity contribution is -0.127. The SMILES string of the molecule is CNC(=O)C1CCC(NC(=NCC(=O)N(C)C)NC2CCCC2)CC1. The van der Waals surface area contributed by atoms with Gasteiger partial charge in [0.05, 0.1) is 0 Å². The van der Waals surface area contributed by atoms with Crippen LogP contribution in [-0.4, -0.2) is 62.4 Å². The predicted molar refractivity (Wildman–Crippen MR) is 99.3 cm³/mol.